The molecular formula is C12H27NO2. The summed E-state index contributed by atoms with van der Waals surface area (Å²) in [5.41, 5.74) is 0. The lowest BCUT2D eigenvalue weighted by molar-refractivity contribution is 0.0451. The first-order chi connectivity index (χ1) is 7.27. The molecule has 92 valence electrons. The summed E-state index contributed by atoms with van der Waals surface area (Å²) in [7, 11) is 0. The van der Waals surface area contributed by atoms with E-state index in [4.69, 9.17) is 9.47 Å². The smallest absolute Gasteiger partial charge is 0.0701 e. The minimum Gasteiger partial charge on any atom is -0.379 e. The van der Waals surface area contributed by atoms with Crippen molar-refractivity contribution in [2.75, 3.05) is 39.5 Å². The van der Waals surface area contributed by atoms with Crippen LogP contribution in [-0.2, 0) is 9.47 Å². The van der Waals surface area contributed by atoms with Gasteiger partial charge in [-0.2, -0.15) is 0 Å². The van der Waals surface area contributed by atoms with Crippen LogP contribution in [0.4, 0.5) is 0 Å². The van der Waals surface area contributed by atoms with Crippen molar-refractivity contribution in [3.05, 3.63) is 0 Å². The van der Waals surface area contributed by atoms with Crippen LogP contribution in [0.25, 0.3) is 0 Å². The van der Waals surface area contributed by atoms with Crippen molar-refractivity contribution >= 4 is 0 Å². The molecule has 3 heteroatoms. The van der Waals surface area contributed by atoms with E-state index in [2.05, 4.69) is 26.1 Å². The van der Waals surface area contributed by atoms with Crippen molar-refractivity contribution in [2.45, 2.75) is 33.6 Å². The number of nitrogens with one attached hydrogen (secondary N) is 1. The molecule has 0 unspecified atom stereocenters. The second kappa shape index (κ2) is 12.0. The molecule has 0 amide bonds. The van der Waals surface area contributed by atoms with Gasteiger partial charge in [0.05, 0.1) is 19.8 Å². The van der Waals surface area contributed by atoms with Crippen LogP contribution in [0.15, 0.2) is 0 Å². The summed E-state index contributed by atoms with van der Waals surface area (Å²) in [5, 5.41) is 3.29. The molecule has 0 fully saturated rings. The first kappa shape index (κ1) is 14.9. The zero-order valence-electron chi connectivity index (χ0n) is 10.6. The number of hydrogen-bond acceptors (Lipinski definition) is 3. The number of ether oxygens (including phenoxy) is 2. The Hall–Kier alpha value is -0.120. The van der Waals surface area contributed by atoms with Crippen LogP contribution in [0.5, 0.6) is 0 Å². The summed E-state index contributed by atoms with van der Waals surface area (Å²) in [6.45, 7) is 11.7. The molecule has 0 aliphatic carbocycles. The summed E-state index contributed by atoms with van der Waals surface area (Å²) in [5.74, 6) is 0.726. The van der Waals surface area contributed by atoms with Gasteiger partial charge in [-0.3, -0.25) is 0 Å². The Morgan fingerprint density at radius 1 is 0.933 bits per heavy atom. The Balaban J connectivity index is 2.87. The van der Waals surface area contributed by atoms with Gasteiger partial charge in [0.25, 0.3) is 0 Å². The molecule has 3 nitrogen and oxygen atoms in total. The van der Waals surface area contributed by atoms with Crippen molar-refractivity contribution < 1.29 is 9.47 Å². The van der Waals surface area contributed by atoms with Gasteiger partial charge in [0.15, 0.2) is 0 Å². The Morgan fingerprint density at radius 2 is 1.60 bits per heavy atom. The molecule has 0 aromatic rings. The van der Waals surface area contributed by atoms with Crippen molar-refractivity contribution in [3.63, 3.8) is 0 Å². The third-order valence-corrected chi connectivity index (χ3v) is 2.06. The zero-order valence-corrected chi connectivity index (χ0v) is 10.6. The van der Waals surface area contributed by atoms with Gasteiger partial charge < -0.3 is 14.8 Å². The molecule has 0 aromatic heterocycles. The molecule has 0 saturated carbocycles. The van der Waals surface area contributed by atoms with Gasteiger partial charge in [-0.15, -0.1) is 0 Å². The van der Waals surface area contributed by atoms with Gasteiger partial charge in [0.2, 0.25) is 0 Å². The molecule has 0 saturated heterocycles. The highest BCUT2D eigenvalue weighted by atomic mass is 16.5. The Kier molecular flexibility index (Phi) is 11.9. The third-order valence-electron chi connectivity index (χ3n) is 2.06. The molecule has 0 aliphatic heterocycles. The van der Waals surface area contributed by atoms with E-state index < -0.39 is 0 Å². The zero-order chi connectivity index (χ0) is 11.4. The van der Waals surface area contributed by atoms with Gasteiger partial charge >= 0.3 is 0 Å². The Labute approximate surface area is 94.5 Å². The molecule has 1 N–H and O–H groups in total. The van der Waals surface area contributed by atoms with Crippen molar-refractivity contribution in [1.29, 1.82) is 0 Å². The van der Waals surface area contributed by atoms with Crippen LogP contribution in [0.1, 0.15) is 33.6 Å². The third kappa shape index (κ3) is 13.9. The summed E-state index contributed by atoms with van der Waals surface area (Å²) >= 11 is 0. The molecule has 0 rings (SSSR count). The minimum atomic E-state index is 0.714. The van der Waals surface area contributed by atoms with Gasteiger partial charge in [-0.25, -0.2) is 0 Å². The van der Waals surface area contributed by atoms with Crippen LogP contribution >= 0.6 is 0 Å². The lowest BCUT2D eigenvalue weighted by atomic mass is 10.1. The molecule has 0 bridgehead atoms. The first-order valence-corrected chi connectivity index (χ1v) is 6.13. The number of rotatable bonds is 11. The summed E-state index contributed by atoms with van der Waals surface area (Å²) in [6.07, 6.45) is 2.32. The van der Waals surface area contributed by atoms with E-state index in [1.165, 1.54) is 6.42 Å². The van der Waals surface area contributed by atoms with E-state index >= 15 is 0 Å². The van der Waals surface area contributed by atoms with Gasteiger partial charge in [0.1, 0.15) is 0 Å². The SMILES string of the molecule is CCCNCCOCCOCCC(C)C. The van der Waals surface area contributed by atoms with Crippen LogP contribution in [0.2, 0.25) is 0 Å². The fourth-order valence-corrected chi connectivity index (χ4v) is 1.09. The Morgan fingerprint density at radius 3 is 2.20 bits per heavy atom. The first-order valence-electron chi connectivity index (χ1n) is 6.13. The normalized spacial score (nSPS) is 11.2. The van der Waals surface area contributed by atoms with E-state index in [0.717, 1.165) is 45.2 Å². The van der Waals surface area contributed by atoms with Gasteiger partial charge in [-0.1, -0.05) is 20.8 Å². The van der Waals surface area contributed by atoms with E-state index in [0.29, 0.717) is 6.61 Å². The highest BCUT2D eigenvalue weighted by Gasteiger charge is 1.94. The molecule has 15 heavy (non-hydrogen) atoms. The average molecular weight is 217 g/mol. The molecule has 0 atom stereocenters. The molecule has 0 spiro atoms. The monoisotopic (exact) mass is 217 g/mol. The predicted molar refractivity (Wildman–Crippen MR) is 64.3 cm³/mol. The fourth-order valence-electron chi connectivity index (χ4n) is 1.09. The van der Waals surface area contributed by atoms with E-state index in [1.807, 2.05) is 0 Å². The van der Waals surface area contributed by atoms with E-state index in [9.17, 15) is 0 Å². The van der Waals surface area contributed by atoms with Gasteiger partial charge in [0, 0.05) is 13.2 Å². The van der Waals surface area contributed by atoms with Gasteiger partial charge in [-0.05, 0) is 25.3 Å². The topological polar surface area (TPSA) is 30.5 Å². The van der Waals surface area contributed by atoms with E-state index in [1.54, 1.807) is 0 Å². The highest BCUT2D eigenvalue weighted by molar-refractivity contribution is 4.44. The van der Waals surface area contributed by atoms with Crippen LogP contribution in [0.3, 0.4) is 0 Å². The van der Waals surface area contributed by atoms with Crippen molar-refractivity contribution in [1.82, 2.24) is 5.32 Å². The van der Waals surface area contributed by atoms with E-state index in [-0.39, 0.29) is 0 Å². The second-order valence-electron chi connectivity index (χ2n) is 4.16. The number of hydrogen-bond donors (Lipinski definition) is 1. The highest BCUT2D eigenvalue weighted by Crippen LogP contribution is 1.98. The van der Waals surface area contributed by atoms with Crippen LogP contribution < -0.4 is 5.32 Å². The fraction of sp³-hybridized carbons (Fsp3) is 1.00. The summed E-state index contributed by atoms with van der Waals surface area (Å²) in [4.78, 5) is 0. The summed E-state index contributed by atoms with van der Waals surface area (Å²) < 4.78 is 10.8. The quantitative estimate of drug-likeness (QED) is 0.537. The molecule has 0 aliphatic rings. The largest absolute Gasteiger partial charge is 0.379 e. The second-order valence-corrected chi connectivity index (χ2v) is 4.16. The average Bonchev–Trinajstić information content (AvgIpc) is 2.20. The Bertz CT molecular complexity index is 118. The maximum atomic E-state index is 5.43. The molecule has 0 radical (unpaired) electrons. The summed E-state index contributed by atoms with van der Waals surface area (Å²) in [6, 6.07) is 0. The molecule has 0 aromatic carbocycles. The van der Waals surface area contributed by atoms with Crippen molar-refractivity contribution in [3.8, 4) is 0 Å². The predicted octanol–water partition coefficient (Wildman–Crippen LogP) is 2.07. The maximum Gasteiger partial charge on any atom is 0.0701 e. The van der Waals surface area contributed by atoms with Crippen LogP contribution in [0, 0.1) is 5.92 Å². The molecule has 0 heterocycles. The lowest BCUT2D eigenvalue weighted by Gasteiger charge is -2.07. The molecular weight excluding hydrogens is 190 g/mol. The van der Waals surface area contributed by atoms with Crippen molar-refractivity contribution in [2.24, 2.45) is 5.92 Å². The minimum absolute atomic E-state index is 0.714. The van der Waals surface area contributed by atoms with Crippen LogP contribution in [-0.4, -0.2) is 39.5 Å². The maximum absolute atomic E-state index is 5.43. The lowest BCUT2D eigenvalue weighted by Crippen LogP contribution is -2.21. The standard InChI is InChI=1S/C12H27NO2/c1-4-6-13-7-9-15-11-10-14-8-5-12(2)3/h12-13H,4-11H2,1-3H3.